The molecule has 0 fully saturated rings. The smallest absolute Gasteiger partial charge is 0.363 e. The molecule has 0 aliphatic carbocycles. The molecule has 8 nitrogen and oxygen atoms in total. The van der Waals surface area contributed by atoms with Gasteiger partial charge in [-0.05, 0) is 28.3 Å². The summed E-state index contributed by atoms with van der Waals surface area (Å²) in [6.45, 7) is 2.11. The van der Waals surface area contributed by atoms with Gasteiger partial charge in [0.25, 0.3) is 0 Å². The van der Waals surface area contributed by atoms with Gasteiger partial charge < -0.3 is 15.2 Å². The van der Waals surface area contributed by atoms with E-state index in [1.165, 1.54) is 0 Å². The summed E-state index contributed by atoms with van der Waals surface area (Å²) < 4.78 is 26.3. The molecule has 0 aliphatic heterocycles. The maximum Gasteiger partial charge on any atom is 0.363 e. The average molecular weight is 303 g/mol. The number of pyridine rings is 1. The van der Waals surface area contributed by atoms with Gasteiger partial charge in [-0.2, -0.15) is 0 Å². The highest BCUT2D eigenvalue weighted by atomic mass is 32.2. The van der Waals surface area contributed by atoms with Crippen molar-refractivity contribution in [3.05, 3.63) is 28.4 Å². The third-order valence-corrected chi connectivity index (χ3v) is 4.30. The normalized spacial score (nSPS) is 13.1. The Hall–Kier alpha value is -1.58. The van der Waals surface area contributed by atoms with Crippen LogP contribution in [-0.2, 0) is 10.0 Å². The van der Waals surface area contributed by atoms with Crippen molar-refractivity contribution >= 4 is 15.8 Å². The second kappa shape index (κ2) is 7.27. The number of aliphatic hydroxyl groups is 1. The molecule has 0 aromatic carbocycles. The number of aliphatic hydroxyl groups excluding tert-OH is 1. The summed E-state index contributed by atoms with van der Waals surface area (Å²) in [6.07, 6.45) is 2.20. The molecule has 0 spiro atoms. The molecule has 0 saturated carbocycles. The Bertz CT molecular complexity index is 544. The highest BCUT2D eigenvalue weighted by Gasteiger charge is 2.19. The van der Waals surface area contributed by atoms with Crippen LogP contribution in [0.25, 0.3) is 0 Å². The zero-order valence-electron chi connectivity index (χ0n) is 11.0. The predicted octanol–water partition coefficient (Wildman–Crippen LogP) is 0.677. The van der Waals surface area contributed by atoms with Gasteiger partial charge in [-0.15, -0.1) is 0 Å². The molecule has 1 rings (SSSR count). The van der Waals surface area contributed by atoms with Crippen molar-refractivity contribution in [2.75, 3.05) is 13.2 Å². The highest BCUT2D eigenvalue weighted by Crippen LogP contribution is 2.13. The minimum absolute atomic E-state index is 0.000673. The molecule has 9 heteroatoms. The van der Waals surface area contributed by atoms with Crippen molar-refractivity contribution in [3.63, 3.8) is 0 Å². The average Bonchev–Trinajstić information content (AvgIpc) is 2.43. The van der Waals surface area contributed by atoms with E-state index in [0.717, 1.165) is 24.8 Å². The molecule has 1 atom stereocenters. The lowest BCUT2D eigenvalue weighted by Gasteiger charge is -2.14. The Labute approximate surface area is 117 Å². The highest BCUT2D eigenvalue weighted by molar-refractivity contribution is 7.89. The lowest BCUT2D eigenvalue weighted by atomic mass is 10.0. The monoisotopic (exact) mass is 303 g/mol. The van der Waals surface area contributed by atoms with Crippen LogP contribution >= 0.6 is 0 Å². The van der Waals surface area contributed by atoms with E-state index in [0.29, 0.717) is 6.42 Å². The van der Waals surface area contributed by atoms with Gasteiger partial charge in [0.2, 0.25) is 10.0 Å². The summed E-state index contributed by atoms with van der Waals surface area (Å²) in [7, 11) is -3.74. The molecule has 0 aliphatic rings. The summed E-state index contributed by atoms with van der Waals surface area (Å²) in [5, 5.41) is 19.3. The van der Waals surface area contributed by atoms with Crippen molar-refractivity contribution < 1.29 is 18.4 Å². The first kappa shape index (κ1) is 16.5. The largest absolute Gasteiger partial charge is 0.396 e. The zero-order valence-corrected chi connectivity index (χ0v) is 11.8. The van der Waals surface area contributed by atoms with Gasteiger partial charge in [-0.3, -0.25) is 0 Å². The van der Waals surface area contributed by atoms with Gasteiger partial charge in [0.1, 0.15) is 4.90 Å². The Balaban J connectivity index is 2.75. The molecule has 1 heterocycles. The first-order valence-corrected chi connectivity index (χ1v) is 7.60. The molecule has 1 aromatic rings. The van der Waals surface area contributed by atoms with Gasteiger partial charge in [-0.25, -0.2) is 13.1 Å². The molecule has 0 bridgehead atoms. The standard InChI is InChI=1S/C11H17N3O5S/c1-2-9(5-6-15)7-13-20(18,19)10-3-4-11(12-8-10)14(16)17/h3-4,8-9,13,15H,2,5-7H2,1H3. The molecule has 1 unspecified atom stereocenters. The molecule has 0 amide bonds. The summed E-state index contributed by atoms with van der Waals surface area (Å²) >= 11 is 0. The molecule has 0 saturated heterocycles. The molecule has 112 valence electrons. The van der Waals surface area contributed by atoms with E-state index in [1.807, 2.05) is 6.92 Å². The second-order valence-electron chi connectivity index (χ2n) is 4.25. The summed E-state index contributed by atoms with van der Waals surface area (Å²) in [6, 6.07) is 2.18. The Morgan fingerprint density at radius 3 is 2.65 bits per heavy atom. The number of hydrogen-bond acceptors (Lipinski definition) is 6. The van der Waals surface area contributed by atoms with Crippen LogP contribution < -0.4 is 4.72 Å². The first-order chi connectivity index (χ1) is 9.40. The van der Waals surface area contributed by atoms with Crippen molar-refractivity contribution in [2.45, 2.75) is 24.7 Å². The summed E-state index contributed by atoms with van der Waals surface area (Å²) in [5.41, 5.74) is 0. The maximum atomic E-state index is 12.0. The van der Waals surface area contributed by atoms with Gasteiger partial charge in [0, 0.05) is 19.2 Å². The Morgan fingerprint density at radius 1 is 1.50 bits per heavy atom. The topological polar surface area (TPSA) is 122 Å². The second-order valence-corrected chi connectivity index (χ2v) is 6.01. The van der Waals surface area contributed by atoms with E-state index >= 15 is 0 Å². The Kier molecular flexibility index (Phi) is 5.99. The number of aromatic nitrogens is 1. The fourth-order valence-electron chi connectivity index (χ4n) is 1.58. The molecule has 1 aromatic heterocycles. The van der Waals surface area contributed by atoms with Crippen LogP contribution in [0.3, 0.4) is 0 Å². The zero-order chi connectivity index (χ0) is 15.2. The maximum absolute atomic E-state index is 12.0. The molecule has 2 N–H and O–H groups in total. The van der Waals surface area contributed by atoms with E-state index in [4.69, 9.17) is 5.11 Å². The summed E-state index contributed by atoms with van der Waals surface area (Å²) in [4.78, 5) is 13.1. The van der Waals surface area contributed by atoms with Crippen LogP contribution in [0.5, 0.6) is 0 Å². The van der Waals surface area contributed by atoms with Crippen LogP contribution in [0.2, 0.25) is 0 Å². The quantitative estimate of drug-likeness (QED) is 0.537. The fourth-order valence-corrected chi connectivity index (χ4v) is 2.64. The Morgan fingerprint density at radius 2 is 2.20 bits per heavy atom. The third kappa shape index (κ3) is 4.51. The minimum Gasteiger partial charge on any atom is -0.396 e. The summed E-state index contributed by atoms with van der Waals surface area (Å²) in [5.74, 6) is -0.364. The van der Waals surface area contributed by atoms with E-state index < -0.39 is 20.8 Å². The van der Waals surface area contributed by atoms with Crippen LogP contribution in [0.4, 0.5) is 5.82 Å². The van der Waals surface area contributed by atoms with Crippen LogP contribution in [0.1, 0.15) is 19.8 Å². The van der Waals surface area contributed by atoms with E-state index in [9.17, 15) is 18.5 Å². The number of nitrogens with zero attached hydrogens (tertiary/aromatic N) is 2. The number of rotatable bonds is 8. The number of nitro groups is 1. The fraction of sp³-hybridized carbons (Fsp3) is 0.545. The molecule has 20 heavy (non-hydrogen) atoms. The number of sulfonamides is 1. The van der Waals surface area contributed by atoms with Gasteiger partial charge in [0.05, 0.1) is 0 Å². The molecular formula is C11H17N3O5S. The van der Waals surface area contributed by atoms with Crippen molar-refractivity contribution in [3.8, 4) is 0 Å². The van der Waals surface area contributed by atoms with Crippen LogP contribution in [0.15, 0.2) is 23.2 Å². The first-order valence-electron chi connectivity index (χ1n) is 6.11. The van der Waals surface area contributed by atoms with E-state index in [1.54, 1.807) is 0 Å². The van der Waals surface area contributed by atoms with Crippen LogP contribution in [-0.4, -0.2) is 36.6 Å². The SMILES string of the molecule is CCC(CCO)CNS(=O)(=O)c1ccc([N+](=O)[O-])nc1. The van der Waals surface area contributed by atoms with Crippen LogP contribution in [0, 0.1) is 16.0 Å². The predicted molar refractivity (Wildman–Crippen MR) is 71.6 cm³/mol. The minimum atomic E-state index is -3.74. The van der Waals surface area contributed by atoms with Gasteiger partial charge >= 0.3 is 5.82 Å². The molecule has 0 radical (unpaired) electrons. The lowest BCUT2D eigenvalue weighted by molar-refractivity contribution is -0.389. The van der Waals surface area contributed by atoms with Gasteiger partial charge in [0.15, 0.2) is 6.20 Å². The van der Waals surface area contributed by atoms with Crippen molar-refractivity contribution in [1.82, 2.24) is 9.71 Å². The van der Waals surface area contributed by atoms with E-state index in [-0.39, 0.29) is 24.0 Å². The van der Waals surface area contributed by atoms with Crippen molar-refractivity contribution in [1.29, 1.82) is 0 Å². The number of nitrogens with one attached hydrogen (secondary N) is 1. The molecular weight excluding hydrogens is 286 g/mol. The van der Waals surface area contributed by atoms with Crippen molar-refractivity contribution in [2.24, 2.45) is 5.92 Å². The van der Waals surface area contributed by atoms with Gasteiger partial charge in [-0.1, -0.05) is 13.3 Å². The number of hydrogen-bond donors (Lipinski definition) is 2. The third-order valence-electron chi connectivity index (χ3n) is 2.89. The van der Waals surface area contributed by atoms with E-state index in [2.05, 4.69) is 9.71 Å². The lowest BCUT2D eigenvalue weighted by Crippen LogP contribution is -2.29.